The first kappa shape index (κ1) is 22.1. The van der Waals surface area contributed by atoms with Crippen LogP contribution in [0, 0.1) is 13.8 Å². The van der Waals surface area contributed by atoms with E-state index in [1.807, 2.05) is 62.4 Å². The van der Waals surface area contributed by atoms with Gasteiger partial charge in [0.2, 0.25) is 5.91 Å². The Bertz CT molecular complexity index is 1350. The monoisotopic (exact) mass is 463 g/mol. The fraction of sp³-hybridized carbons (Fsp3) is 0.160. The number of aromatic nitrogens is 2. The molecule has 1 aromatic heterocycles. The quantitative estimate of drug-likeness (QED) is 0.320. The van der Waals surface area contributed by atoms with Crippen molar-refractivity contribution < 1.29 is 4.79 Å². The maximum atomic E-state index is 13.3. The molecular weight excluding hydrogens is 442 g/mol. The van der Waals surface area contributed by atoms with Crippen LogP contribution in [0.25, 0.3) is 16.6 Å². The van der Waals surface area contributed by atoms with E-state index in [4.69, 9.17) is 16.6 Å². The molecule has 0 saturated carbocycles. The third-order valence-corrected chi connectivity index (χ3v) is 6.42. The first-order valence-electron chi connectivity index (χ1n) is 10.2. The zero-order valence-corrected chi connectivity index (χ0v) is 19.3. The van der Waals surface area contributed by atoms with E-state index >= 15 is 0 Å². The molecule has 4 rings (SSSR count). The number of halogens is 1. The van der Waals surface area contributed by atoms with Crippen LogP contribution in [0.4, 0.5) is 0 Å². The number of nitrogens with zero attached hydrogens (tertiary/aromatic N) is 2. The van der Waals surface area contributed by atoms with Crippen molar-refractivity contribution in [2.75, 3.05) is 5.75 Å². The number of nitrogens with one attached hydrogen (secondary N) is 1. The Hall–Kier alpha value is -3.09. The molecule has 1 N–H and O–H groups in total. The van der Waals surface area contributed by atoms with E-state index in [9.17, 15) is 9.59 Å². The van der Waals surface area contributed by atoms with Gasteiger partial charge in [-0.05, 0) is 66.9 Å². The van der Waals surface area contributed by atoms with Crippen LogP contribution >= 0.6 is 23.4 Å². The van der Waals surface area contributed by atoms with Crippen molar-refractivity contribution in [3.63, 3.8) is 0 Å². The topological polar surface area (TPSA) is 64.0 Å². The van der Waals surface area contributed by atoms with Gasteiger partial charge in [0.15, 0.2) is 5.16 Å². The van der Waals surface area contributed by atoms with Gasteiger partial charge in [-0.25, -0.2) is 4.98 Å². The Morgan fingerprint density at radius 1 is 1.03 bits per heavy atom. The van der Waals surface area contributed by atoms with E-state index in [-0.39, 0.29) is 17.2 Å². The molecule has 0 bridgehead atoms. The first-order chi connectivity index (χ1) is 15.4. The van der Waals surface area contributed by atoms with Gasteiger partial charge in [-0.15, -0.1) is 0 Å². The minimum absolute atomic E-state index is 0.140. The molecule has 0 saturated heterocycles. The van der Waals surface area contributed by atoms with Crippen LogP contribution in [-0.4, -0.2) is 21.2 Å². The lowest BCUT2D eigenvalue weighted by atomic mass is 10.1. The molecule has 1 amide bonds. The lowest BCUT2D eigenvalue weighted by Crippen LogP contribution is -2.26. The fourth-order valence-electron chi connectivity index (χ4n) is 3.29. The molecule has 0 radical (unpaired) electrons. The van der Waals surface area contributed by atoms with Crippen molar-refractivity contribution >= 4 is 40.2 Å². The standard InChI is InChI=1S/C25H22ClN3O2S/c1-16-7-12-20(13-17(16)2)29-24(31)21-5-3-4-6-22(21)28-25(29)32-15-23(30)27-14-18-8-10-19(26)11-9-18/h3-13H,14-15H2,1-2H3,(H,27,30). The van der Waals surface area contributed by atoms with Crippen molar-refractivity contribution in [3.05, 3.63) is 98.8 Å². The third kappa shape index (κ3) is 4.87. The predicted octanol–water partition coefficient (Wildman–Crippen LogP) is 5.06. The number of carbonyl (C=O) groups excluding carboxylic acids is 1. The smallest absolute Gasteiger partial charge is 0.266 e. The largest absolute Gasteiger partial charge is 0.351 e. The number of benzene rings is 3. The molecule has 0 atom stereocenters. The number of para-hydroxylation sites is 1. The zero-order chi connectivity index (χ0) is 22.7. The fourth-order valence-corrected chi connectivity index (χ4v) is 4.25. The number of amides is 1. The highest BCUT2D eigenvalue weighted by Gasteiger charge is 2.15. The lowest BCUT2D eigenvalue weighted by molar-refractivity contribution is -0.118. The molecule has 0 aliphatic heterocycles. The second-order valence-corrected chi connectivity index (χ2v) is 8.89. The minimum atomic E-state index is -0.150. The van der Waals surface area contributed by atoms with Crippen molar-refractivity contribution in [1.82, 2.24) is 14.9 Å². The maximum Gasteiger partial charge on any atom is 0.266 e. The molecule has 1 heterocycles. The molecule has 5 nitrogen and oxygen atoms in total. The van der Waals surface area contributed by atoms with E-state index in [0.29, 0.717) is 27.6 Å². The molecule has 0 aliphatic rings. The number of aryl methyl sites for hydroxylation is 2. The third-order valence-electron chi connectivity index (χ3n) is 5.23. The molecule has 4 aromatic rings. The molecule has 0 fully saturated rings. The highest BCUT2D eigenvalue weighted by atomic mass is 35.5. The second kappa shape index (κ2) is 9.59. The summed E-state index contributed by atoms with van der Waals surface area (Å²) >= 11 is 7.15. The molecule has 7 heteroatoms. The summed E-state index contributed by atoms with van der Waals surface area (Å²) < 4.78 is 1.59. The summed E-state index contributed by atoms with van der Waals surface area (Å²) in [5.41, 5.74) is 4.39. The molecular formula is C25H22ClN3O2S. The Labute approximate surface area is 195 Å². The zero-order valence-electron chi connectivity index (χ0n) is 17.8. The van der Waals surface area contributed by atoms with Crippen molar-refractivity contribution in [3.8, 4) is 5.69 Å². The number of hydrogen-bond donors (Lipinski definition) is 1. The van der Waals surface area contributed by atoms with Crippen molar-refractivity contribution in [1.29, 1.82) is 0 Å². The van der Waals surface area contributed by atoms with Gasteiger partial charge >= 0.3 is 0 Å². The Kier molecular flexibility index (Phi) is 6.63. The van der Waals surface area contributed by atoms with Gasteiger partial charge in [0, 0.05) is 11.6 Å². The first-order valence-corrected chi connectivity index (χ1v) is 11.5. The van der Waals surface area contributed by atoms with E-state index in [1.54, 1.807) is 22.8 Å². The van der Waals surface area contributed by atoms with Crippen LogP contribution in [0.5, 0.6) is 0 Å². The van der Waals surface area contributed by atoms with Crippen molar-refractivity contribution in [2.24, 2.45) is 0 Å². The minimum Gasteiger partial charge on any atom is -0.351 e. The molecule has 32 heavy (non-hydrogen) atoms. The average molecular weight is 464 g/mol. The van der Waals surface area contributed by atoms with Crippen LogP contribution < -0.4 is 10.9 Å². The van der Waals surface area contributed by atoms with Crippen LogP contribution in [0.15, 0.2) is 76.7 Å². The number of thioether (sulfide) groups is 1. The molecule has 0 spiro atoms. The van der Waals surface area contributed by atoms with Crippen LogP contribution in [0.3, 0.4) is 0 Å². The van der Waals surface area contributed by atoms with E-state index in [0.717, 1.165) is 22.4 Å². The second-order valence-electron chi connectivity index (χ2n) is 7.51. The summed E-state index contributed by atoms with van der Waals surface area (Å²) in [5.74, 6) is 0.00226. The van der Waals surface area contributed by atoms with E-state index < -0.39 is 0 Å². The van der Waals surface area contributed by atoms with Gasteiger partial charge in [0.25, 0.3) is 5.56 Å². The van der Waals surface area contributed by atoms with Crippen molar-refractivity contribution in [2.45, 2.75) is 25.5 Å². The van der Waals surface area contributed by atoms with Gasteiger partial charge < -0.3 is 5.32 Å². The average Bonchev–Trinajstić information content (AvgIpc) is 2.79. The molecule has 0 aliphatic carbocycles. The highest BCUT2D eigenvalue weighted by Crippen LogP contribution is 2.22. The van der Waals surface area contributed by atoms with Gasteiger partial charge in [0.1, 0.15) is 0 Å². The summed E-state index contributed by atoms with van der Waals surface area (Å²) in [5, 5.41) is 4.58. The Morgan fingerprint density at radius 3 is 2.53 bits per heavy atom. The highest BCUT2D eigenvalue weighted by molar-refractivity contribution is 7.99. The van der Waals surface area contributed by atoms with Crippen LogP contribution in [0.2, 0.25) is 5.02 Å². The molecule has 3 aromatic carbocycles. The van der Waals surface area contributed by atoms with Gasteiger partial charge in [-0.3, -0.25) is 14.2 Å². The number of rotatable bonds is 6. The van der Waals surface area contributed by atoms with Crippen LogP contribution in [-0.2, 0) is 11.3 Å². The number of hydrogen-bond acceptors (Lipinski definition) is 4. The maximum absolute atomic E-state index is 13.3. The predicted molar refractivity (Wildman–Crippen MR) is 131 cm³/mol. The molecule has 162 valence electrons. The van der Waals surface area contributed by atoms with Gasteiger partial charge in [-0.2, -0.15) is 0 Å². The number of fused-ring (bicyclic) bond motifs is 1. The lowest BCUT2D eigenvalue weighted by Gasteiger charge is -2.14. The molecule has 0 unspecified atom stereocenters. The summed E-state index contributed by atoms with van der Waals surface area (Å²) in [6.07, 6.45) is 0. The number of carbonyl (C=O) groups is 1. The van der Waals surface area contributed by atoms with Gasteiger partial charge in [-0.1, -0.05) is 53.7 Å². The SMILES string of the molecule is Cc1ccc(-n2c(SCC(=O)NCc3ccc(Cl)cc3)nc3ccccc3c2=O)cc1C. The normalized spacial score (nSPS) is 11.0. The Balaban J connectivity index is 1.60. The van der Waals surface area contributed by atoms with E-state index in [2.05, 4.69) is 5.32 Å². The van der Waals surface area contributed by atoms with E-state index in [1.165, 1.54) is 11.8 Å². The summed E-state index contributed by atoms with van der Waals surface area (Å²) in [6.45, 7) is 4.45. The summed E-state index contributed by atoms with van der Waals surface area (Å²) in [6, 6.07) is 20.5. The Morgan fingerprint density at radius 2 is 1.78 bits per heavy atom. The summed E-state index contributed by atoms with van der Waals surface area (Å²) in [4.78, 5) is 30.5. The van der Waals surface area contributed by atoms with Crippen LogP contribution in [0.1, 0.15) is 16.7 Å². The summed E-state index contributed by atoms with van der Waals surface area (Å²) in [7, 11) is 0. The van der Waals surface area contributed by atoms with Gasteiger partial charge in [0.05, 0.1) is 22.3 Å².